The molecule has 1 aromatic heterocycles. The first-order chi connectivity index (χ1) is 12.1. The highest BCUT2D eigenvalue weighted by molar-refractivity contribution is 7.09. The predicted molar refractivity (Wildman–Crippen MR) is 102 cm³/mol. The summed E-state index contributed by atoms with van der Waals surface area (Å²) in [7, 11) is 0. The molecule has 1 aliphatic rings. The zero-order valence-corrected chi connectivity index (χ0v) is 15.8. The molecule has 2 amide bonds. The number of nitrogens with zero attached hydrogens (tertiary/aromatic N) is 3. The molecule has 2 heterocycles. The van der Waals surface area contributed by atoms with Gasteiger partial charge in [0.1, 0.15) is 11.4 Å². The minimum absolute atomic E-state index is 0. The normalized spacial score (nSPS) is 14.0. The largest absolute Gasteiger partial charge is 0.508 e. The summed E-state index contributed by atoms with van der Waals surface area (Å²) in [6.07, 6.45) is 0.671. The number of nitrogens with two attached hydrogens (primary N) is 1. The number of halogens is 1. The van der Waals surface area contributed by atoms with Crippen LogP contribution in [0, 0.1) is 0 Å². The van der Waals surface area contributed by atoms with E-state index < -0.39 is 0 Å². The van der Waals surface area contributed by atoms with E-state index >= 15 is 0 Å². The van der Waals surface area contributed by atoms with Crippen LogP contribution in [0.2, 0.25) is 0 Å². The van der Waals surface area contributed by atoms with Crippen molar-refractivity contribution < 1.29 is 14.7 Å². The number of phenols is 1. The molecule has 1 saturated heterocycles. The van der Waals surface area contributed by atoms with Crippen molar-refractivity contribution in [3.05, 3.63) is 45.9 Å². The van der Waals surface area contributed by atoms with Crippen molar-refractivity contribution >= 4 is 35.6 Å². The van der Waals surface area contributed by atoms with Crippen LogP contribution in [-0.2, 0) is 6.42 Å². The maximum absolute atomic E-state index is 12.5. The zero-order chi connectivity index (χ0) is 17.8. The summed E-state index contributed by atoms with van der Waals surface area (Å²) >= 11 is 1.44. The van der Waals surface area contributed by atoms with E-state index in [1.54, 1.807) is 27.3 Å². The number of aromatic nitrogens is 1. The van der Waals surface area contributed by atoms with Gasteiger partial charge in [-0.15, -0.1) is 23.7 Å². The van der Waals surface area contributed by atoms with E-state index in [1.807, 2.05) is 0 Å². The van der Waals surface area contributed by atoms with Gasteiger partial charge in [-0.05, 0) is 24.7 Å². The second kappa shape index (κ2) is 8.98. The van der Waals surface area contributed by atoms with Crippen LogP contribution in [0.3, 0.4) is 0 Å². The van der Waals surface area contributed by atoms with Gasteiger partial charge in [0.25, 0.3) is 11.8 Å². The molecule has 3 rings (SSSR count). The van der Waals surface area contributed by atoms with Crippen LogP contribution in [0.15, 0.2) is 29.6 Å². The van der Waals surface area contributed by atoms with Crippen molar-refractivity contribution in [3.8, 4) is 5.75 Å². The van der Waals surface area contributed by atoms with Crippen LogP contribution in [-0.4, -0.2) is 64.4 Å². The minimum atomic E-state index is -0.137. The molecule has 1 aliphatic heterocycles. The van der Waals surface area contributed by atoms with Gasteiger partial charge in [0.05, 0.1) is 5.01 Å². The fourth-order valence-electron chi connectivity index (χ4n) is 2.74. The summed E-state index contributed by atoms with van der Waals surface area (Å²) in [4.78, 5) is 32.7. The smallest absolute Gasteiger partial charge is 0.273 e. The molecule has 0 bridgehead atoms. The molecule has 0 spiro atoms. The molecule has 7 nitrogen and oxygen atoms in total. The second-order valence-corrected chi connectivity index (χ2v) is 6.74. The van der Waals surface area contributed by atoms with Gasteiger partial charge >= 0.3 is 0 Å². The van der Waals surface area contributed by atoms with Crippen molar-refractivity contribution in [3.63, 3.8) is 0 Å². The Kier molecular flexibility index (Phi) is 6.96. The van der Waals surface area contributed by atoms with Crippen LogP contribution in [0.5, 0.6) is 5.75 Å². The third kappa shape index (κ3) is 4.51. The van der Waals surface area contributed by atoms with E-state index in [1.165, 1.54) is 23.5 Å². The number of piperazine rings is 1. The second-order valence-electron chi connectivity index (χ2n) is 5.80. The minimum Gasteiger partial charge on any atom is -0.508 e. The molecule has 1 fully saturated rings. The molecule has 0 saturated carbocycles. The highest BCUT2D eigenvalue weighted by Crippen LogP contribution is 2.16. The van der Waals surface area contributed by atoms with Gasteiger partial charge < -0.3 is 20.6 Å². The average molecular weight is 397 g/mol. The summed E-state index contributed by atoms with van der Waals surface area (Å²) in [5, 5.41) is 12.1. The number of amides is 2. The monoisotopic (exact) mass is 396 g/mol. The maximum Gasteiger partial charge on any atom is 0.273 e. The molecule has 3 N–H and O–H groups in total. The van der Waals surface area contributed by atoms with E-state index in [4.69, 9.17) is 5.73 Å². The predicted octanol–water partition coefficient (Wildman–Crippen LogP) is 1.37. The Morgan fingerprint density at radius 3 is 2.42 bits per heavy atom. The van der Waals surface area contributed by atoms with E-state index in [0.717, 1.165) is 5.01 Å². The van der Waals surface area contributed by atoms with E-state index in [-0.39, 0.29) is 30.0 Å². The number of rotatable bonds is 4. The van der Waals surface area contributed by atoms with Crippen LogP contribution in [0.25, 0.3) is 0 Å². The molecule has 9 heteroatoms. The molecule has 26 heavy (non-hydrogen) atoms. The van der Waals surface area contributed by atoms with Gasteiger partial charge in [0.2, 0.25) is 0 Å². The van der Waals surface area contributed by atoms with Gasteiger partial charge in [-0.25, -0.2) is 4.98 Å². The Morgan fingerprint density at radius 1 is 1.15 bits per heavy atom. The molecule has 2 aromatic rings. The van der Waals surface area contributed by atoms with Crippen LogP contribution in [0.1, 0.15) is 25.9 Å². The molecule has 140 valence electrons. The van der Waals surface area contributed by atoms with Gasteiger partial charge in [-0.2, -0.15) is 0 Å². The number of thiazole rings is 1. The molecular formula is C17H21ClN4O3S. The fourth-order valence-corrected chi connectivity index (χ4v) is 3.53. The zero-order valence-electron chi connectivity index (χ0n) is 14.1. The number of hydrogen-bond acceptors (Lipinski definition) is 6. The lowest BCUT2D eigenvalue weighted by atomic mass is 10.1. The van der Waals surface area contributed by atoms with E-state index in [9.17, 15) is 14.7 Å². The lowest BCUT2D eigenvalue weighted by molar-refractivity contribution is 0.0532. The molecule has 0 radical (unpaired) electrons. The number of hydrogen-bond donors (Lipinski definition) is 2. The number of aromatic hydroxyl groups is 1. The Hall–Kier alpha value is -2.16. The van der Waals surface area contributed by atoms with Gasteiger partial charge in [-0.1, -0.05) is 6.07 Å². The van der Waals surface area contributed by atoms with E-state index in [0.29, 0.717) is 50.4 Å². The summed E-state index contributed by atoms with van der Waals surface area (Å²) < 4.78 is 0. The van der Waals surface area contributed by atoms with Gasteiger partial charge in [-0.3, -0.25) is 9.59 Å². The van der Waals surface area contributed by atoms with E-state index in [2.05, 4.69) is 4.98 Å². The molecule has 0 atom stereocenters. The standard InChI is InChI=1S/C17H20N4O3S.ClH/c18-5-4-15-19-14(11-25-15)17(24)21-8-6-20(7-9-21)16(23)12-2-1-3-13(22)10-12;/h1-3,10-11,22H,4-9,18H2;1H. The third-order valence-electron chi connectivity index (χ3n) is 4.08. The maximum atomic E-state index is 12.5. The SMILES string of the molecule is Cl.NCCc1nc(C(=O)N2CCN(C(=O)c3cccc(O)c3)CC2)cs1. The Morgan fingerprint density at radius 2 is 1.81 bits per heavy atom. The van der Waals surface area contributed by atoms with Crippen molar-refractivity contribution in [2.24, 2.45) is 5.73 Å². The van der Waals surface area contributed by atoms with Crippen molar-refractivity contribution in [1.29, 1.82) is 0 Å². The van der Waals surface area contributed by atoms with Crippen LogP contribution in [0.4, 0.5) is 0 Å². The summed E-state index contributed by atoms with van der Waals surface area (Å²) in [5.74, 6) is -0.178. The van der Waals surface area contributed by atoms with Crippen LogP contribution >= 0.6 is 23.7 Å². The summed E-state index contributed by atoms with van der Waals surface area (Å²) in [5.41, 5.74) is 6.40. The van der Waals surface area contributed by atoms with Crippen molar-refractivity contribution in [2.45, 2.75) is 6.42 Å². The van der Waals surface area contributed by atoms with Crippen molar-refractivity contribution in [2.75, 3.05) is 32.7 Å². The Bertz CT molecular complexity index is 775. The van der Waals surface area contributed by atoms with Crippen LogP contribution < -0.4 is 5.73 Å². The Balaban J connectivity index is 0.00000243. The molecular weight excluding hydrogens is 376 g/mol. The lowest BCUT2D eigenvalue weighted by Crippen LogP contribution is -2.50. The first-order valence-corrected chi connectivity index (χ1v) is 8.98. The number of phenolic OH excluding ortho intramolecular Hbond substituents is 1. The Labute approximate surface area is 161 Å². The summed E-state index contributed by atoms with van der Waals surface area (Å²) in [6.45, 7) is 2.36. The highest BCUT2D eigenvalue weighted by Gasteiger charge is 2.26. The van der Waals surface area contributed by atoms with Gasteiger partial charge in [0, 0.05) is 43.5 Å². The quantitative estimate of drug-likeness (QED) is 0.813. The molecule has 0 aliphatic carbocycles. The lowest BCUT2D eigenvalue weighted by Gasteiger charge is -2.34. The molecule has 1 aromatic carbocycles. The topological polar surface area (TPSA) is 99.8 Å². The fraction of sp³-hybridized carbons (Fsp3) is 0.353. The number of carbonyl (C=O) groups is 2. The average Bonchev–Trinajstić information content (AvgIpc) is 3.09. The number of benzene rings is 1. The summed E-state index contributed by atoms with van der Waals surface area (Å²) in [6, 6.07) is 6.30. The highest BCUT2D eigenvalue weighted by atomic mass is 35.5. The first kappa shape index (κ1) is 20.2. The van der Waals surface area contributed by atoms with Crippen molar-refractivity contribution in [1.82, 2.24) is 14.8 Å². The number of carbonyl (C=O) groups excluding carboxylic acids is 2. The third-order valence-corrected chi connectivity index (χ3v) is 4.98. The van der Waals surface area contributed by atoms with Gasteiger partial charge in [0.15, 0.2) is 0 Å². The molecule has 0 unspecified atom stereocenters. The first-order valence-electron chi connectivity index (χ1n) is 8.10.